The lowest BCUT2D eigenvalue weighted by atomic mass is 9.99. The van der Waals surface area contributed by atoms with Crippen molar-refractivity contribution in [2.75, 3.05) is 33.4 Å². The van der Waals surface area contributed by atoms with Gasteiger partial charge in [0.15, 0.2) is 6.61 Å². The van der Waals surface area contributed by atoms with Crippen molar-refractivity contribution in [1.29, 1.82) is 0 Å². The molecule has 2 N–H and O–H groups in total. The zero-order chi connectivity index (χ0) is 30.3. The zero-order valence-electron chi connectivity index (χ0n) is 24.8. The molecule has 1 fully saturated rings. The van der Waals surface area contributed by atoms with E-state index in [2.05, 4.69) is 25.1 Å². The van der Waals surface area contributed by atoms with Gasteiger partial charge in [-0.25, -0.2) is 4.98 Å². The predicted octanol–water partition coefficient (Wildman–Crippen LogP) is 3.91. The molecule has 4 aromatic rings. The number of carbonyl (C=O) groups excluding carboxylic acids is 2. The van der Waals surface area contributed by atoms with Gasteiger partial charge in [-0.3, -0.25) is 9.59 Å². The second-order valence-corrected chi connectivity index (χ2v) is 11.1. The van der Waals surface area contributed by atoms with E-state index < -0.39 is 0 Å². The van der Waals surface area contributed by atoms with Crippen LogP contribution in [0.15, 0.2) is 85.5 Å². The largest absolute Gasteiger partial charge is 0.496 e. The highest BCUT2D eigenvalue weighted by molar-refractivity contribution is 5.96. The molecule has 10 heteroatoms. The summed E-state index contributed by atoms with van der Waals surface area (Å²) in [6, 6.07) is 20.3. The van der Waals surface area contributed by atoms with Gasteiger partial charge in [-0.1, -0.05) is 24.3 Å². The lowest BCUT2D eigenvalue weighted by Gasteiger charge is -2.39. The number of methoxy groups -OCH3 is 1. The SMILES string of the molecule is COc1ccc2cc1-c1cccc(c1)OCC(=O)NCc1ccc(cc1)O[C@@H]1CCN(CCCn3ccnc3)C[C@H]1NC2=O. The summed E-state index contributed by atoms with van der Waals surface area (Å²) < 4.78 is 20.0. The van der Waals surface area contributed by atoms with Crippen molar-refractivity contribution < 1.29 is 23.8 Å². The standard InChI is InChI=1S/C34H37N5O5/c1-42-31-11-8-26-19-29(31)25-4-2-5-28(18-25)43-22-33(40)36-20-24-6-9-27(10-7-24)44-32-12-16-38(21-30(32)37-34(26)41)14-3-15-39-17-13-35-23-39/h2,4-11,13,17-19,23,30,32H,3,12,14-16,20-22H2,1H3,(H,36,40)(H,37,41)/t30-,32-/m1/s1. The maximum Gasteiger partial charge on any atom is 0.258 e. The summed E-state index contributed by atoms with van der Waals surface area (Å²) in [5.74, 6) is 1.50. The Labute approximate surface area is 256 Å². The van der Waals surface area contributed by atoms with Crippen molar-refractivity contribution in [1.82, 2.24) is 25.1 Å². The number of hydrogen-bond donors (Lipinski definition) is 2. The van der Waals surface area contributed by atoms with E-state index in [0.29, 0.717) is 30.2 Å². The number of aryl methyl sites for hydroxylation is 1. The van der Waals surface area contributed by atoms with Crippen LogP contribution in [0.5, 0.6) is 17.2 Å². The molecule has 0 spiro atoms. The van der Waals surface area contributed by atoms with Crippen LogP contribution in [0, 0.1) is 0 Å². The first-order chi connectivity index (χ1) is 21.5. The smallest absolute Gasteiger partial charge is 0.258 e. The quantitative estimate of drug-likeness (QED) is 0.360. The normalized spacial score (nSPS) is 19.1. The molecule has 3 aromatic carbocycles. The number of fused-ring (bicyclic) bond motifs is 7. The number of piperidine rings is 1. The number of benzene rings is 3. The van der Waals surface area contributed by atoms with Crippen LogP contribution in [0.1, 0.15) is 28.8 Å². The van der Waals surface area contributed by atoms with Crippen molar-refractivity contribution in [3.63, 3.8) is 0 Å². The van der Waals surface area contributed by atoms with Crippen molar-refractivity contribution in [3.05, 3.63) is 96.6 Å². The molecule has 2 atom stereocenters. The fourth-order valence-electron chi connectivity index (χ4n) is 5.72. The topological polar surface area (TPSA) is 107 Å². The molecule has 228 valence electrons. The van der Waals surface area contributed by atoms with Crippen LogP contribution in [0.3, 0.4) is 0 Å². The van der Waals surface area contributed by atoms with E-state index in [1.54, 1.807) is 31.5 Å². The number of likely N-dealkylation sites (tertiary alicyclic amines) is 1. The van der Waals surface area contributed by atoms with Crippen LogP contribution >= 0.6 is 0 Å². The molecule has 6 bridgehead atoms. The molecule has 2 amide bonds. The first-order valence-corrected chi connectivity index (χ1v) is 15.0. The number of nitrogens with zero attached hydrogens (tertiary/aromatic N) is 3. The average molecular weight is 596 g/mol. The van der Waals surface area contributed by atoms with Crippen LogP contribution in [-0.2, 0) is 17.9 Å². The molecule has 44 heavy (non-hydrogen) atoms. The minimum Gasteiger partial charge on any atom is -0.496 e. The monoisotopic (exact) mass is 595 g/mol. The van der Waals surface area contributed by atoms with E-state index in [0.717, 1.165) is 54.9 Å². The van der Waals surface area contributed by atoms with Gasteiger partial charge in [0.05, 0.1) is 19.5 Å². The number of ether oxygens (including phenoxy) is 3. The van der Waals surface area contributed by atoms with Crippen LogP contribution in [0.4, 0.5) is 0 Å². The third-order valence-electron chi connectivity index (χ3n) is 8.08. The minimum atomic E-state index is -0.226. The fourth-order valence-corrected chi connectivity index (χ4v) is 5.72. The van der Waals surface area contributed by atoms with E-state index in [9.17, 15) is 9.59 Å². The molecule has 0 unspecified atom stereocenters. The Morgan fingerprint density at radius 2 is 1.89 bits per heavy atom. The number of amides is 2. The molecule has 1 saturated heterocycles. The summed E-state index contributed by atoms with van der Waals surface area (Å²) in [7, 11) is 1.60. The lowest BCUT2D eigenvalue weighted by molar-refractivity contribution is -0.123. The Balaban J connectivity index is 1.27. The number of aromatic nitrogens is 2. The van der Waals surface area contributed by atoms with Gasteiger partial charge in [0.25, 0.3) is 11.8 Å². The summed E-state index contributed by atoms with van der Waals surface area (Å²) in [5.41, 5.74) is 3.03. The van der Waals surface area contributed by atoms with E-state index in [-0.39, 0.29) is 30.6 Å². The lowest BCUT2D eigenvalue weighted by Crippen LogP contribution is -2.57. The van der Waals surface area contributed by atoms with E-state index in [1.165, 1.54) is 0 Å². The van der Waals surface area contributed by atoms with Crippen molar-refractivity contribution in [2.24, 2.45) is 0 Å². The van der Waals surface area contributed by atoms with Gasteiger partial charge in [0, 0.05) is 49.7 Å². The molecule has 0 saturated carbocycles. The highest BCUT2D eigenvalue weighted by Crippen LogP contribution is 2.33. The summed E-state index contributed by atoms with van der Waals surface area (Å²) in [6.45, 7) is 3.60. The molecular formula is C34H37N5O5. The third kappa shape index (κ3) is 7.20. The molecule has 0 aliphatic carbocycles. The minimum absolute atomic E-state index is 0.117. The molecule has 4 heterocycles. The number of hydrogen-bond acceptors (Lipinski definition) is 7. The number of carbonyl (C=O) groups is 2. The molecule has 1 aromatic heterocycles. The van der Waals surface area contributed by atoms with Crippen molar-refractivity contribution in [3.8, 4) is 28.4 Å². The van der Waals surface area contributed by atoms with Crippen LogP contribution < -0.4 is 24.8 Å². The van der Waals surface area contributed by atoms with Crippen LogP contribution in [-0.4, -0.2) is 71.8 Å². The number of nitrogens with one attached hydrogen (secondary N) is 2. The summed E-state index contributed by atoms with van der Waals surface area (Å²) in [4.78, 5) is 32.8. The zero-order valence-corrected chi connectivity index (χ0v) is 24.8. The van der Waals surface area contributed by atoms with Crippen molar-refractivity contribution >= 4 is 11.8 Å². The highest BCUT2D eigenvalue weighted by atomic mass is 16.5. The van der Waals surface area contributed by atoms with E-state index in [4.69, 9.17) is 14.2 Å². The van der Waals surface area contributed by atoms with Gasteiger partial charge in [-0.2, -0.15) is 0 Å². The number of imidazole rings is 1. The third-order valence-corrected chi connectivity index (χ3v) is 8.08. The van der Waals surface area contributed by atoms with Crippen molar-refractivity contribution in [2.45, 2.75) is 38.1 Å². The Morgan fingerprint density at radius 1 is 1.00 bits per heavy atom. The molecule has 3 aliphatic heterocycles. The highest BCUT2D eigenvalue weighted by Gasteiger charge is 2.32. The Bertz CT molecular complexity index is 1570. The maximum absolute atomic E-state index is 13.8. The maximum atomic E-state index is 13.8. The summed E-state index contributed by atoms with van der Waals surface area (Å²) in [5, 5.41) is 6.20. The second kappa shape index (κ2) is 13.6. The van der Waals surface area contributed by atoms with Gasteiger partial charge in [0.2, 0.25) is 0 Å². The molecule has 0 radical (unpaired) electrons. The van der Waals surface area contributed by atoms with Crippen LogP contribution in [0.25, 0.3) is 11.1 Å². The van der Waals surface area contributed by atoms with Gasteiger partial charge in [-0.15, -0.1) is 0 Å². The second-order valence-electron chi connectivity index (χ2n) is 11.1. The fraction of sp³-hybridized carbons (Fsp3) is 0.324. The molecule has 7 rings (SSSR count). The Hall–Kier alpha value is -4.83. The van der Waals surface area contributed by atoms with Gasteiger partial charge < -0.3 is 34.3 Å². The van der Waals surface area contributed by atoms with Gasteiger partial charge in [-0.05, 0) is 73.0 Å². The number of rotatable bonds is 5. The summed E-state index contributed by atoms with van der Waals surface area (Å²) in [6.07, 6.45) is 7.15. The van der Waals surface area contributed by atoms with Crippen LogP contribution in [0.2, 0.25) is 0 Å². The first-order valence-electron chi connectivity index (χ1n) is 15.0. The van der Waals surface area contributed by atoms with Gasteiger partial charge in [0.1, 0.15) is 23.4 Å². The predicted molar refractivity (Wildman–Crippen MR) is 166 cm³/mol. The molecule has 3 aliphatic rings. The Morgan fingerprint density at radius 3 is 2.70 bits per heavy atom. The Kier molecular flexibility index (Phi) is 9.07. The average Bonchev–Trinajstić information content (AvgIpc) is 3.57. The van der Waals surface area contributed by atoms with Gasteiger partial charge >= 0.3 is 0 Å². The first kappa shape index (κ1) is 29.3. The van der Waals surface area contributed by atoms with E-state index in [1.807, 2.05) is 61.1 Å². The summed E-state index contributed by atoms with van der Waals surface area (Å²) >= 11 is 0. The molecule has 10 nitrogen and oxygen atoms in total. The van der Waals surface area contributed by atoms with E-state index >= 15 is 0 Å². The molecular weight excluding hydrogens is 558 g/mol.